The normalized spacial score (nSPS) is 22.5. The van der Waals surface area contributed by atoms with E-state index in [1.54, 1.807) is 0 Å². The van der Waals surface area contributed by atoms with Crippen molar-refractivity contribution in [2.45, 2.75) is 37.1 Å². The van der Waals surface area contributed by atoms with Gasteiger partial charge in [-0.15, -0.1) is 0 Å². The highest BCUT2D eigenvalue weighted by molar-refractivity contribution is 7.89. The van der Waals surface area contributed by atoms with Crippen LogP contribution in [0.4, 0.5) is 5.95 Å². The molecular weight excluding hydrogens is 240 g/mol. The Morgan fingerprint density at radius 3 is 2.59 bits per heavy atom. The molecule has 1 aliphatic heterocycles. The van der Waals surface area contributed by atoms with Gasteiger partial charge in [0.2, 0.25) is 16.0 Å². The maximum absolute atomic E-state index is 12.3. The molecule has 1 unspecified atom stereocenters. The molecule has 0 radical (unpaired) electrons. The Morgan fingerprint density at radius 1 is 1.35 bits per heavy atom. The Bertz CT molecular complexity index is 486. The Hall–Kier alpha value is -1.21. The van der Waals surface area contributed by atoms with Gasteiger partial charge in [0.05, 0.1) is 12.4 Å². The van der Waals surface area contributed by atoms with Gasteiger partial charge in [0.1, 0.15) is 4.90 Å². The zero-order chi connectivity index (χ0) is 12.5. The van der Waals surface area contributed by atoms with Gasteiger partial charge < -0.3 is 5.73 Å². The van der Waals surface area contributed by atoms with Gasteiger partial charge in [0.15, 0.2) is 0 Å². The van der Waals surface area contributed by atoms with Crippen LogP contribution in [0.25, 0.3) is 0 Å². The molecule has 1 atom stereocenters. The molecule has 0 aliphatic carbocycles. The molecule has 1 aromatic rings. The topological polar surface area (TPSA) is 89.2 Å². The van der Waals surface area contributed by atoms with Crippen LogP contribution in [0.3, 0.4) is 0 Å². The first-order valence-electron chi connectivity index (χ1n) is 5.61. The average Bonchev–Trinajstić information content (AvgIpc) is 2.30. The molecule has 17 heavy (non-hydrogen) atoms. The van der Waals surface area contributed by atoms with Crippen molar-refractivity contribution in [1.29, 1.82) is 0 Å². The number of nitrogen functional groups attached to an aromatic ring is 1. The minimum atomic E-state index is -3.48. The fraction of sp³-hybridized carbons (Fsp3) is 0.600. The molecule has 0 saturated carbocycles. The van der Waals surface area contributed by atoms with Gasteiger partial charge >= 0.3 is 0 Å². The molecule has 1 saturated heterocycles. The summed E-state index contributed by atoms with van der Waals surface area (Å²) in [4.78, 5) is 7.56. The molecule has 94 valence electrons. The maximum Gasteiger partial charge on any atom is 0.246 e. The number of nitrogens with zero attached hydrogens (tertiary/aromatic N) is 3. The third-order valence-electron chi connectivity index (χ3n) is 3.00. The second kappa shape index (κ2) is 4.58. The fourth-order valence-corrected chi connectivity index (χ4v) is 3.61. The first-order valence-corrected chi connectivity index (χ1v) is 7.05. The maximum atomic E-state index is 12.3. The van der Waals surface area contributed by atoms with E-state index in [9.17, 15) is 8.42 Å². The Kier molecular flexibility index (Phi) is 3.30. The van der Waals surface area contributed by atoms with Crippen LogP contribution in [-0.4, -0.2) is 35.3 Å². The summed E-state index contributed by atoms with van der Waals surface area (Å²) in [7, 11) is -3.48. The van der Waals surface area contributed by atoms with Crippen molar-refractivity contribution in [3.8, 4) is 0 Å². The van der Waals surface area contributed by atoms with Crippen molar-refractivity contribution in [2.75, 3.05) is 12.3 Å². The number of anilines is 1. The van der Waals surface area contributed by atoms with Gasteiger partial charge in [-0.1, -0.05) is 6.42 Å². The number of hydrogen-bond acceptors (Lipinski definition) is 5. The highest BCUT2D eigenvalue weighted by atomic mass is 32.2. The standard InChI is InChI=1S/C10H16N4O2S/c1-8-4-2-3-5-14(8)17(15,16)9-6-12-10(11)13-7-9/h6-8H,2-5H2,1H3,(H2,11,12,13). The number of rotatable bonds is 2. The first kappa shape index (κ1) is 12.3. The smallest absolute Gasteiger partial charge is 0.246 e. The summed E-state index contributed by atoms with van der Waals surface area (Å²) in [5.74, 6) is 0.0793. The zero-order valence-electron chi connectivity index (χ0n) is 9.70. The molecule has 0 bridgehead atoms. The van der Waals surface area contributed by atoms with Gasteiger partial charge in [0.25, 0.3) is 0 Å². The van der Waals surface area contributed by atoms with Crippen molar-refractivity contribution in [1.82, 2.24) is 14.3 Å². The predicted octanol–water partition coefficient (Wildman–Crippen LogP) is 0.622. The number of nitrogens with two attached hydrogens (primary N) is 1. The molecule has 2 N–H and O–H groups in total. The van der Waals surface area contributed by atoms with Crippen molar-refractivity contribution in [3.05, 3.63) is 12.4 Å². The second-order valence-electron chi connectivity index (χ2n) is 4.24. The Morgan fingerprint density at radius 2 is 2.00 bits per heavy atom. The molecule has 2 rings (SSSR count). The number of aromatic nitrogens is 2. The summed E-state index contributed by atoms with van der Waals surface area (Å²) >= 11 is 0. The number of piperidine rings is 1. The summed E-state index contributed by atoms with van der Waals surface area (Å²) in [6.45, 7) is 2.49. The number of hydrogen-bond donors (Lipinski definition) is 1. The van der Waals surface area contributed by atoms with Crippen LogP contribution >= 0.6 is 0 Å². The molecule has 0 amide bonds. The highest BCUT2D eigenvalue weighted by Crippen LogP contribution is 2.24. The molecule has 0 spiro atoms. The van der Waals surface area contributed by atoms with E-state index >= 15 is 0 Å². The van der Waals surface area contributed by atoms with E-state index in [1.807, 2.05) is 6.92 Å². The van der Waals surface area contributed by atoms with Crippen molar-refractivity contribution in [2.24, 2.45) is 0 Å². The third kappa shape index (κ3) is 2.39. The molecule has 2 heterocycles. The van der Waals surface area contributed by atoms with Crippen LogP contribution in [0.5, 0.6) is 0 Å². The van der Waals surface area contributed by atoms with Gasteiger partial charge in [-0.3, -0.25) is 0 Å². The van der Waals surface area contributed by atoms with Gasteiger partial charge in [-0.25, -0.2) is 18.4 Å². The van der Waals surface area contributed by atoms with E-state index < -0.39 is 10.0 Å². The SMILES string of the molecule is CC1CCCCN1S(=O)(=O)c1cnc(N)nc1. The van der Waals surface area contributed by atoms with Crippen molar-refractivity contribution >= 4 is 16.0 Å². The Labute approximate surface area is 101 Å². The van der Waals surface area contributed by atoms with E-state index in [2.05, 4.69) is 9.97 Å². The zero-order valence-corrected chi connectivity index (χ0v) is 10.5. The van der Waals surface area contributed by atoms with E-state index in [0.29, 0.717) is 6.54 Å². The van der Waals surface area contributed by atoms with Crippen LogP contribution in [0, 0.1) is 0 Å². The van der Waals surface area contributed by atoms with Crippen LogP contribution in [0.1, 0.15) is 26.2 Å². The van der Waals surface area contributed by atoms with Gasteiger partial charge in [-0.2, -0.15) is 4.31 Å². The van der Waals surface area contributed by atoms with Crippen LogP contribution in [-0.2, 0) is 10.0 Å². The summed E-state index contributed by atoms with van der Waals surface area (Å²) in [5, 5.41) is 0. The van der Waals surface area contributed by atoms with Gasteiger partial charge in [-0.05, 0) is 19.8 Å². The monoisotopic (exact) mass is 256 g/mol. The van der Waals surface area contributed by atoms with Crippen LogP contribution in [0.15, 0.2) is 17.3 Å². The predicted molar refractivity (Wildman–Crippen MR) is 63.6 cm³/mol. The highest BCUT2D eigenvalue weighted by Gasteiger charge is 2.31. The van der Waals surface area contributed by atoms with Crippen LogP contribution in [0.2, 0.25) is 0 Å². The first-order chi connectivity index (χ1) is 8.01. The van der Waals surface area contributed by atoms with Crippen molar-refractivity contribution < 1.29 is 8.42 Å². The summed E-state index contributed by atoms with van der Waals surface area (Å²) in [5.41, 5.74) is 5.35. The quantitative estimate of drug-likeness (QED) is 0.838. The van der Waals surface area contributed by atoms with E-state index in [1.165, 1.54) is 16.7 Å². The second-order valence-corrected chi connectivity index (χ2v) is 6.13. The molecule has 1 aliphatic rings. The third-order valence-corrected chi connectivity index (χ3v) is 4.96. The van der Waals surface area contributed by atoms with Gasteiger partial charge in [0, 0.05) is 12.6 Å². The molecule has 7 heteroatoms. The lowest BCUT2D eigenvalue weighted by molar-refractivity contribution is 0.268. The largest absolute Gasteiger partial charge is 0.368 e. The minimum absolute atomic E-state index is 0.0336. The lowest BCUT2D eigenvalue weighted by atomic mass is 10.1. The number of sulfonamides is 1. The lowest BCUT2D eigenvalue weighted by Crippen LogP contribution is -2.41. The minimum Gasteiger partial charge on any atom is -0.368 e. The van der Waals surface area contributed by atoms with Crippen molar-refractivity contribution in [3.63, 3.8) is 0 Å². The molecule has 6 nitrogen and oxygen atoms in total. The fourth-order valence-electron chi connectivity index (χ4n) is 2.02. The molecular formula is C10H16N4O2S. The molecule has 0 aromatic carbocycles. The van der Waals surface area contributed by atoms with Crippen LogP contribution < -0.4 is 5.73 Å². The molecule has 1 aromatic heterocycles. The Balaban J connectivity index is 2.32. The summed E-state index contributed by atoms with van der Waals surface area (Å²) in [6.07, 6.45) is 5.40. The lowest BCUT2D eigenvalue weighted by Gasteiger charge is -2.31. The van der Waals surface area contributed by atoms with E-state index in [0.717, 1.165) is 19.3 Å². The molecule has 1 fully saturated rings. The van der Waals surface area contributed by atoms with E-state index in [-0.39, 0.29) is 16.9 Å². The van der Waals surface area contributed by atoms with E-state index in [4.69, 9.17) is 5.73 Å². The summed E-state index contributed by atoms with van der Waals surface area (Å²) < 4.78 is 26.1. The average molecular weight is 256 g/mol. The summed E-state index contributed by atoms with van der Waals surface area (Å²) in [6, 6.07) is 0.0336.